The highest BCUT2D eigenvalue weighted by Gasteiger charge is 2.51. The number of hydrogen-bond donors (Lipinski definition) is 1. The minimum Gasteiger partial charge on any atom is -0.458 e. The average molecular weight is 601 g/mol. The molecule has 0 bridgehead atoms. The number of azide groups is 3. The highest BCUT2D eigenvalue weighted by atomic mass is 16.7. The Balaban J connectivity index is 1.82. The number of nitrogens with zero attached hydrogens (tertiary/aromatic N) is 9. The van der Waals surface area contributed by atoms with E-state index in [0.29, 0.717) is 6.42 Å². The smallest absolute Gasteiger partial charge is 0.407 e. The number of carbonyl (C=O) groups excluding carboxylic acids is 3. The van der Waals surface area contributed by atoms with E-state index in [1.54, 1.807) is 6.92 Å². The van der Waals surface area contributed by atoms with Crippen LogP contribution < -0.4 is 5.32 Å². The van der Waals surface area contributed by atoms with E-state index in [0.717, 1.165) is 19.4 Å². The summed E-state index contributed by atoms with van der Waals surface area (Å²) in [4.78, 5) is 45.0. The molecule has 2 fully saturated rings. The fraction of sp³-hybridized carbons (Fsp3) is 0.640. The Labute approximate surface area is 245 Å². The van der Waals surface area contributed by atoms with Crippen LogP contribution in [0.2, 0.25) is 0 Å². The molecule has 1 amide bonds. The van der Waals surface area contributed by atoms with Gasteiger partial charge in [0.1, 0.15) is 18.8 Å². The molecule has 230 valence electrons. The number of rotatable bonds is 11. The lowest BCUT2D eigenvalue weighted by Gasteiger charge is -2.45. The molecule has 3 rings (SSSR count). The number of carbonyl (C=O) groups is 3. The Morgan fingerprint density at radius 2 is 1.49 bits per heavy atom. The first kappa shape index (κ1) is 32.8. The quantitative estimate of drug-likeness (QED) is 0.124. The molecule has 1 aliphatic heterocycles. The van der Waals surface area contributed by atoms with Gasteiger partial charge in [-0.1, -0.05) is 45.7 Å². The van der Waals surface area contributed by atoms with E-state index in [1.807, 2.05) is 30.3 Å². The lowest BCUT2D eigenvalue weighted by atomic mass is 9.84. The van der Waals surface area contributed by atoms with E-state index < -0.39 is 72.9 Å². The van der Waals surface area contributed by atoms with Gasteiger partial charge in [0.25, 0.3) is 0 Å². The molecular weight excluding hydrogens is 568 g/mol. The number of hydrogen-bond acceptors (Lipinski definition) is 11. The van der Waals surface area contributed by atoms with Crippen molar-refractivity contribution in [1.82, 2.24) is 5.32 Å². The Morgan fingerprint density at radius 3 is 2.09 bits per heavy atom. The number of nitrogens with one attached hydrogen (secondary N) is 1. The van der Waals surface area contributed by atoms with Gasteiger partial charge >= 0.3 is 18.0 Å². The van der Waals surface area contributed by atoms with Crippen LogP contribution in [0.25, 0.3) is 31.3 Å². The molecule has 1 aromatic rings. The van der Waals surface area contributed by atoms with Crippen LogP contribution in [0.15, 0.2) is 45.7 Å². The van der Waals surface area contributed by atoms with Gasteiger partial charge in [-0.3, -0.25) is 9.59 Å². The first-order chi connectivity index (χ1) is 20.7. The normalized spacial score (nSPS) is 28.8. The average Bonchev–Trinajstić information content (AvgIpc) is 2.96. The van der Waals surface area contributed by atoms with E-state index in [4.69, 9.17) is 34.7 Å². The molecule has 1 aliphatic carbocycles. The number of benzene rings is 1. The van der Waals surface area contributed by atoms with Gasteiger partial charge in [0.05, 0.1) is 30.3 Å². The SMILES string of the molecule is CC(=O)O[C@@H]1[C@@H](OC(C)=O)[C@H](N=[N+]=[N-])C[C@H](N=[N+]=[N-])[C@H]1O[C@H]1O[C@H](C(C)NC(=O)OCc2ccccc2)CC[C@@H]1N=[N+]=[N-]. The van der Waals surface area contributed by atoms with Crippen molar-refractivity contribution >= 4 is 18.0 Å². The summed E-state index contributed by atoms with van der Waals surface area (Å²) in [6.45, 7) is 4.00. The summed E-state index contributed by atoms with van der Waals surface area (Å²) in [6.07, 6.45) is -5.97. The second-order valence-electron chi connectivity index (χ2n) is 9.92. The van der Waals surface area contributed by atoms with Crippen molar-refractivity contribution in [3.63, 3.8) is 0 Å². The Bertz CT molecular complexity index is 1280. The molecular formula is C25H32N10O8. The lowest BCUT2D eigenvalue weighted by Crippen LogP contribution is -2.60. The highest BCUT2D eigenvalue weighted by molar-refractivity contribution is 5.68. The van der Waals surface area contributed by atoms with Gasteiger partial charge in [0.2, 0.25) is 0 Å². The highest BCUT2D eigenvalue weighted by Crippen LogP contribution is 2.35. The van der Waals surface area contributed by atoms with Crippen LogP contribution in [-0.4, -0.2) is 72.9 Å². The van der Waals surface area contributed by atoms with Crippen molar-refractivity contribution in [3.05, 3.63) is 67.2 Å². The zero-order valence-electron chi connectivity index (χ0n) is 23.7. The van der Waals surface area contributed by atoms with E-state index in [1.165, 1.54) is 0 Å². The maximum Gasteiger partial charge on any atom is 0.407 e. The Kier molecular flexibility index (Phi) is 12.2. The third-order valence-corrected chi connectivity index (χ3v) is 6.87. The van der Waals surface area contributed by atoms with Crippen molar-refractivity contribution in [2.75, 3.05) is 0 Å². The van der Waals surface area contributed by atoms with Gasteiger partial charge in [-0.2, -0.15) is 0 Å². The molecule has 1 aromatic carbocycles. The van der Waals surface area contributed by atoms with Gasteiger partial charge in [-0.15, -0.1) is 0 Å². The molecule has 1 saturated carbocycles. The molecule has 9 atom stereocenters. The summed E-state index contributed by atoms with van der Waals surface area (Å²) in [5.74, 6) is -1.53. The molecule has 0 aromatic heterocycles. The zero-order valence-corrected chi connectivity index (χ0v) is 23.7. The van der Waals surface area contributed by atoms with Crippen molar-refractivity contribution in [2.24, 2.45) is 15.3 Å². The van der Waals surface area contributed by atoms with Crippen LogP contribution in [0.4, 0.5) is 4.79 Å². The summed E-state index contributed by atoms with van der Waals surface area (Å²) in [7, 11) is 0. The Hall–Kier alpha value is -4.72. The molecule has 0 radical (unpaired) electrons. The van der Waals surface area contributed by atoms with Crippen molar-refractivity contribution < 1.29 is 38.1 Å². The topological polar surface area (TPSA) is 256 Å². The monoisotopic (exact) mass is 600 g/mol. The summed E-state index contributed by atoms with van der Waals surface area (Å²) < 4.78 is 28.4. The van der Waals surface area contributed by atoms with Gasteiger partial charge < -0.3 is 29.0 Å². The number of alkyl carbamates (subject to hydrolysis) is 1. The van der Waals surface area contributed by atoms with Gasteiger partial charge in [-0.25, -0.2) is 4.79 Å². The van der Waals surface area contributed by atoms with E-state index >= 15 is 0 Å². The van der Waals surface area contributed by atoms with Crippen LogP contribution in [0, 0.1) is 0 Å². The summed E-state index contributed by atoms with van der Waals surface area (Å²) in [5, 5.41) is 13.9. The van der Waals surface area contributed by atoms with E-state index in [9.17, 15) is 19.9 Å². The third kappa shape index (κ3) is 9.39. The molecule has 18 heteroatoms. The standard InChI is InChI=1S/C25H32N10O8/c1-13(29-25(38)39-12-16-7-5-4-6-8-16)20-10-9-17(30-33-26)24(42-20)43-22-19(32-35-28)11-18(31-34-27)21(40-14(2)36)23(22)41-15(3)37/h4-8,13,17-24H,9-12H2,1-3H3,(H,29,38)/t13?,17-,18+,19-,20-,21-,22+,23+,24+/m0/s1. The predicted molar refractivity (Wildman–Crippen MR) is 147 cm³/mol. The molecule has 1 heterocycles. The fourth-order valence-corrected chi connectivity index (χ4v) is 5.00. The van der Waals surface area contributed by atoms with Crippen molar-refractivity contribution in [3.8, 4) is 0 Å². The number of ether oxygens (including phenoxy) is 5. The maximum atomic E-state index is 12.4. The van der Waals surface area contributed by atoms with Crippen LogP contribution in [0.1, 0.15) is 45.6 Å². The number of amides is 1. The summed E-state index contributed by atoms with van der Waals surface area (Å²) >= 11 is 0. The van der Waals surface area contributed by atoms with Gasteiger partial charge in [-0.05, 0) is 48.3 Å². The zero-order chi connectivity index (χ0) is 31.4. The number of esters is 2. The van der Waals surface area contributed by atoms with E-state index in [-0.39, 0.29) is 19.4 Å². The Morgan fingerprint density at radius 1 is 0.907 bits per heavy atom. The minimum atomic E-state index is -1.39. The molecule has 1 unspecified atom stereocenters. The summed E-state index contributed by atoms with van der Waals surface area (Å²) in [6, 6.07) is 5.56. The first-order valence-electron chi connectivity index (χ1n) is 13.4. The maximum absolute atomic E-state index is 12.4. The van der Waals surface area contributed by atoms with Crippen LogP contribution in [0.3, 0.4) is 0 Å². The fourth-order valence-electron chi connectivity index (χ4n) is 5.00. The van der Waals surface area contributed by atoms with Crippen LogP contribution >= 0.6 is 0 Å². The van der Waals surface area contributed by atoms with Gasteiger partial charge in [0, 0.05) is 28.6 Å². The second-order valence-corrected chi connectivity index (χ2v) is 9.92. The molecule has 1 N–H and O–H groups in total. The molecule has 1 saturated heterocycles. The van der Waals surface area contributed by atoms with Crippen molar-refractivity contribution in [2.45, 2.75) is 102 Å². The lowest BCUT2D eigenvalue weighted by molar-refractivity contribution is -0.260. The molecule has 0 spiro atoms. The molecule has 18 nitrogen and oxygen atoms in total. The largest absolute Gasteiger partial charge is 0.458 e. The summed E-state index contributed by atoms with van der Waals surface area (Å²) in [5.41, 5.74) is 28.3. The predicted octanol–water partition coefficient (Wildman–Crippen LogP) is 4.50. The van der Waals surface area contributed by atoms with Gasteiger partial charge in [0.15, 0.2) is 12.4 Å². The molecule has 43 heavy (non-hydrogen) atoms. The second kappa shape index (κ2) is 16.1. The van der Waals surface area contributed by atoms with E-state index in [2.05, 4.69) is 35.4 Å². The molecule has 2 aliphatic rings. The van der Waals surface area contributed by atoms with Crippen molar-refractivity contribution in [1.29, 1.82) is 0 Å². The van der Waals surface area contributed by atoms with Crippen LogP contribution in [-0.2, 0) is 39.9 Å². The third-order valence-electron chi connectivity index (χ3n) is 6.87. The van der Waals surface area contributed by atoms with Crippen LogP contribution in [0.5, 0.6) is 0 Å². The minimum absolute atomic E-state index is 0.0654. The first-order valence-corrected chi connectivity index (χ1v) is 13.4.